The predicted octanol–water partition coefficient (Wildman–Crippen LogP) is 2.03. The van der Waals surface area contributed by atoms with E-state index >= 15 is 0 Å². The van der Waals surface area contributed by atoms with E-state index in [9.17, 15) is 24.3 Å². The first-order valence-electron chi connectivity index (χ1n) is 12.9. The minimum absolute atomic E-state index is 0.282. The number of carbonyl (C=O) groups excluding carboxylic acids is 3. The molecule has 0 aliphatic heterocycles. The van der Waals surface area contributed by atoms with Crippen LogP contribution in [0.15, 0.2) is 30.5 Å². The van der Waals surface area contributed by atoms with Gasteiger partial charge in [-0.3, -0.25) is 14.4 Å². The van der Waals surface area contributed by atoms with Crippen LogP contribution in [-0.2, 0) is 25.6 Å². The number of benzene rings is 1. The van der Waals surface area contributed by atoms with E-state index in [1.165, 1.54) is 11.8 Å². The summed E-state index contributed by atoms with van der Waals surface area (Å²) >= 11 is 1.51. The van der Waals surface area contributed by atoms with E-state index < -0.39 is 47.9 Å². The molecule has 38 heavy (non-hydrogen) atoms. The third-order valence-electron chi connectivity index (χ3n) is 6.72. The Morgan fingerprint density at radius 2 is 1.66 bits per heavy atom. The van der Waals surface area contributed by atoms with Gasteiger partial charge in [0.05, 0.1) is 6.04 Å². The molecule has 210 valence electrons. The molecule has 0 saturated heterocycles. The number of aromatic amines is 1. The zero-order valence-electron chi connectivity index (χ0n) is 22.7. The third-order valence-corrected chi connectivity index (χ3v) is 7.36. The molecule has 2 aromatic rings. The molecule has 0 aliphatic carbocycles. The Bertz CT molecular complexity index is 1100. The summed E-state index contributed by atoms with van der Waals surface area (Å²) in [7, 11) is 0. The highest BCUT2D eigenvalue weighted by Gasteiger charge is 2.32. The average molecular weight is 548 g/mol. The van der Waals surface area contributed by atoms with Crippen molar-refractivity contribution >= 4 is 46.4 Å². The molecule has 1 aromatic heterocycles. The number of carboxylic acids is 1. The molecule has 0 bridgehead atoms. The van der Waals surface area contributed by atoms with Gasteiger partial charge in [-0.1, -0.05) is 52.3 Å². The predicted molar refractivity (Wildman–Crippen MR) is 151 cm³/mol. The lowest BCUT2D eigenvalue weighted by atomic mass is 9.98. The van der Waals surface area contributed by atoms with E-state index in [0.717, 1.165) is 16.5 Å². The summed E-state index contributed by atoms with van der Waals surface area (Å²) in [6.07, 6.45) is 4.86. The SMILES string of the molecule is CCC(C)C(NC(=O)C(CCSC)NC(=O)C(NC(=O)C(N)Cc1c[nH]c2ccccc12)C(C)C)C(=O)O. The molecule has 5 unspecified atom stereocenters. The van der Waals surface area contributed by atoms with E-state index in [1.807, 2.05) is 43.6 Å². The Balaban J connectivity index is 2.10. The van der Waals surface area contributed by atoms with Crippen LogP contribution in [-0.4, -0.2) is 70.0 Å². The number of nitrogens with two attached hydrogens (primary N) is 1. The van der Waals surface area contributed by atoms with Crippen LogP contribution in [0.4, 0.5) is 0 Å². The largest absolute Gasteiger partial charge is 0.480 e. The quantitative estimate of drug-likeness (QED) is 0.198. The van der Waals surface area contributed by atoms with Crippen molar-refractivity contribution in [2.45, 2.75) is 71.1 Å². The second-order valence-electron chi connectivity index (χ2n) is 9.95. The highest BCUT2D eigenvalue weighted by Crippen LogP contribution is 2.19. The summed E-state index contributed by atoms with van der Waals surface area (Å²) in [5.74, 6) is -2.68. The van der Waals surface area contributed by atoms with Gasteiger partial charge in [0, 0.05) is 17.1 Å². The van der Waals surface area contributed by atoms with Crippen molar-refractivity contribution < 1.29 is 24.3 Å². The number of thioether (sulfide) groups is 1. The van der Waals surface area contributed by atoms with Crippen LogP contribution in [0.1, 0.15) is 46.1 Å². The van der Waals surface area contributed by atoms with E-state index in [2.05, 4.69) is 20.9 Å². The van der Waals surface area contributed by atoms with E-state index in [1.54, 1.807) is 20.8 Å². The van der Waals surface area contributed by atoms with Crippen LogP contribution in [0.2, 0.25) is 0 Å². The number of carbonyl (C=O) groups is 4. The number of aromatic nitrogens is 1. The van der Waals surface area contributed by atoms with Gasteiger partial charge < -0.3 is 31.8 Å². The van der Waals surface area contributed by atoms with Gasteiger partial charge in [-0.2, -0.15) is 11.8 Å². The Labute approximate surface area is 228 Å². The fraction of sp³-hybridized carbons (Fsp3) is 0.556. The van der Waals surface area contributed by atoms with Crippen LogP contribution in [0, 0.1) is 11.8 Å². The Morgan fingerprint density at radius 1 is 1.00 bits per heavy atom. The number of para-hydroxylation sites is 1. The molecule has 0 saturated carbocycles. The number of amides is 3. The van der Waals surface area contributed by atoms with E-state index in [0.29, 0.717) is 18.6 Å². The first kappa shape index (κ1) is 31.2. The molecule has 1 heterocycles. The highest BCUT2D eigenvalue weighted by molar-refractivity contribution is 7.98. The van der Waals surface area contributed by atoms with E-state index in [4.69, 9.17) is 5.73 Å². The summed E-state index contributed by atoms with van der Waals surface area (Å²) in [5.41, 5.74) is 8.05. The smallest absolute Gasteiger partial charge is 0.326 e. The molecular formula is C27H41N5O5S. The van der Waals surface area contributed by atoms with Gasteiger partial charge in [-0.25, -0.2) is 4.79 Å². The van der Waals surface area contributed by atoms with Crippen LogP contribution < -0.4 is 21.7 Å². The van der Waals surface area contributed by atoms with Crippen molar-refractivity contribution in [2.24, 2.45) is 17.6 Å². The highest BCUT2D eigenvalue weighted by atomic mass is 32.2. The van der Waals surface area contributed by atoms with Crippen molar-refractivity contribution in [2.75, 3.05) is 12.0 Å². The molecule has 0 spiro atoms. The van der Waals surface area contributed by atoms with Crippen LogP contribution in [0.25, 0.3) is 10.9 Å². The molecular weight excluding hydrogens is 506 g/mol. The summed E-state index contributed by atoms with van der Waals surface area (Å²) in [6.45, 7) is 7.17. The molecule has 1 aromatic carbocycles. The van der Waals surface area contributed by atoms with Crippen molar-refractivity contribution in [3.8, 4) is 0 Å². The van der Waals surface area contributed by atoms with Gasteiger partial charge in [0.2, 0.25) is 17.7 Å². The van der Waals surface area contributed by atoms with Crippen LogP contribution in [0.5, 0.6) is 0 Å². The van der Waals surface area contributed by atoms with Crippen molar-refractivity contribution in [3.05, 3.63) is 36.0 Å². The normalized spacial score (nSPS) is 15.3. The van der Waals surface area contributed by atoms with Crippen LogP contribution >= 0.6 is 11.8 Å². The first-order valence-corrected chi connectivity index (χ1v) is 14.3. The van der Waals surface area contributed by atoms with Crippen molar-refractivity contribution in [1.82, 2.24) is 20.9 Å². The number of rotatable bonds is 15. The van der Waals surface area contributed by atoms with Gasteiger partial charge in [0.1, 0.15) is 18.1 Å². The van der Waals surface area contributed by atoms with Crippen molar-refractivity contribution in [3.63, 3.8) is 0 Å². The summed E-state index contributed by atoms with van der Waals surface area (Å²) in [4.78, 5) is 54.1. The lowest BCUT2D eigenvalue weighted by Crippen LogP contribution is -2.59. The fourth-order valence-corrected chi connectivity index (χ4v) is 4.60. The molecule has 2 rings (SSSR count). The maximum atomic E-state index is 13.2. The zero-order valence-corrected chi connectivity index (χ0v) is 23.6. The number of fused-ring (bicyclic) bond motifs is 1. The number of hydrogen-bond acceptors (Lipinski definition) is 6. The minimum Gasteiger partial charge on any atom is -0.480 e. The van der Waals surface area contributed by atoms with Gasteiger partial charge in [0.25, 0.3) is 0 Å². The summed E-state index contributed by atoms with van der Waals surface area (Å²) in [5, 5.41) is 18.6. The Kier molecular flexibility index (Phi) is 12.1. The number of carboxylic acid groups (broad SMARTS) is 1. The maximum Gasteiger partial charge on any atom is 0.326 e. The molecule has 0 radical (unpaired) electrons. The Hall–Kier alpha value is -3.05. The maximum absolute atomic E-state index is 13.2. The molecule has 10 nitrogen and oxygen atoms in total. The number of nitrogens with one attached hydrogen (secondary N) is 4. The van der Waals surface area contributed by atoms with Crippen LogP contribution in [0.3, 0.4) is 0 Å². The zero-order chi connectivity index (χ0) is 28.4. The van der Waals surface area contributed by atoms with Gasteiger partial charge in [-0.05, 0) is 48.3 Å². The fourth-order valence-electron chi connectivity index (χ4n) is 4.13. The first-order chi connectivity index (χ1) is 18.0. The second-order valence-corrected chi connectivity index (χ2v) is 10.9. The lowest BCUT2D eigenvalue weighted by molar-refractivity contribution is -0.144. The second kappa shape index (κ2) is 14.8. The minimum atomic E-state index is -1.13. The molecule has 0 fully saturated rings. The van der Waals surface area contributed by atoms with Crippen molar-refractivity contribution in [1.29, 1.82) is 0 Å². The van der Waals surface area contributed by atoms with Gasteiger partial charge in [-0.15, -0.1) is 0 Å². The number of hydrogen-bond donors (Lipinski definition) is 6. The molecule has 11 heteroatoms. The Morgan fingerprint density at radius 3 is 2.26 bits per heavy atom. The molecule has 0 aliphatic rings. The summed E-state index contributed by atoms with van der Waals surface area (Å²) in [6, 6.07) is 3.90. The lowest BCUT2D eigenvalue weighted by Gasteiger charge is -2.28. The van der Waals surface area contributed by atoms with Gasteiger partial charge in [0.15, 0.2) is 0 Å². The molecule has 3 amide bonds. The monoisotopic (exact) mass is 547 g/mol. The summed E-state index contributed by atoms with van der Waals surface area (Å²) < 4.78 is 0. The molecule has 5 atom stereocenters. The topological polar surface area (TPSA) is 166 Å². The molecule has 7 N–H and O–H groups in total. The number of aliphatic carboxylic acids is 1. The third kappa shape index (κ3) is 8.49. The van der Waals surface area contributed by atoms with Gasteiger partial charge >= 0.3 is 5.97 Å². The average Bonchev–Trinajstić information content (AvgIpc) is 3.29. The number of H-pyrrole nitrogens is 1. The van der Waals surface area contributed by atoms with E-state index in [-0.39, 0.29) is 18.3 Å². The standard InChI is InChI=1S/C27H41N5O5S/c1-6-16(4)23(27(36)37)32-25(34)21(11-12-38-5)30-26(35)22(15(2)3)31-24(33)19(28)13-17-14-29-20-10-8-7-9-18(17)20/h7-10,14-16,19,21-23,29H,6,11-13,28H2,1-5H3,(H,30,35)(H,31,33)(H,32,34)(H,36,37).